The summed E-state index contributed by atoms with van der Waals surface area (Å²) in [7, 11) is 0. The highest BCUT2D eigenvalue weighted by atomic mass is 16.5. The Bertz CT molecular complexity index is 867. The van der Waals surface area contributed by atoms with E-state index in [1.165, 1.54) is 11.0 Å². The Morgan fingerprint density at radius 3 is 2.21 bits per heavy atom. The molecule has 0 bridgehead atoms. The molecule has 0 unspecified atom stereocenters. The lowest BCUT2D eigenvalue weighted by Gasteiger charge is -2.19. The van der Waals surface area contributed by atoms with Gasteiger partial charge in [0.2, 0.25) is 5.91 Å². The van der Waals surface area contributed by atoms with Gasteiger partial charge in [0.25, 0.3) is 5.91 Å². The van der Waals surface area contributed by atoms with Gasteiger partial charge in [0.15, 0.2) is 6.61 Å². The summed E-state index contributed by atoms with van der Waals surface area (Å²) in [4.78, 5) is 38.4. The Hall–Kier alpha value is -3.67. The number of anilines is 1. The first-order valence-corrected chi connectivity index (χ1v) is 9.14. The number of benzene rings is 2. The lowest BCUT2D eigenvalue weighted by Crippen LogP contribution is -2.35. The number of rotatable bonds is 10. The molecule has 0 fully saturated rings. The van der Waals surface area contributed by atoms with Crippen molar-refractivity contribution in [2.24, 2.45) is 0 Å². The zero-order valence-electron chi connectivity index (χ0n) is 16.2. The number of esters is 1. The molecule has 2 amide bonds. The first-order chi connectivity index (χ1) is 14.0. The third-order valence-corrected chi connectivity index (χ3v) is 4.01. The molecule has 0 aliphatic rings. The van der Waals surface area contributed by atoms with Crippen molar-refractivity contribution < 1.29 is 19.1 Å². The van der Waals surface area contributed by atoms with Crippen molar-refractivity contribution in [3.05, 3.63) is 91.0 Å². The monoisotopic (exact) mass is 392 g/mol. The lowest BCUT2D eigenvalue weighted by molar-refractivity contribution is -0.133. The van der Waals surface area contributed by atoms with Crippen molar-refractivity contribution in [1.82, 2.24) is 4.90 Å². The number of nitrogens with one attached hydrogen (secondary N) is 1. The van der Waals surface area contributed by atoms with Crippen LogP contribution in [0, 0.1) is 0 Å². The molecular formula is C23H24N2O4. The van der Waals surface area contributed by atoms with Gasteiger partial charge < -0.3 is 15.0 Å². The van der Waals surface area contributed by atoms with Gasteiger partial charge in [-0.1, -0.05) is 54.6 Å². The van der Waals surface area contributed by atoms with Crippen LogP contribution in [0.1, 0.15) is 15.9 Å². The first kappa shape index (κ1) is 21.6. The molecule has 1 N–H and O–H groups in total. The molecular weight excluding hydrogens is 368 g/mol. The molecule has 0 saturated carbocycles. The molecule has 6 heteroatoms. The zero-order valence-corrected chi connectivity index (χ0v) is 16.2. The maximum absolute atomic E-state index is 12.5. The number of carbonyl (C=O) groups is 3. The highest BCUT2D eigenvalue weighted by Gasteiger charge is 2.18. The van der Waals surface area contributed by atoms with Crippen molar-refractivity contribution in [3.63, 3.8) is 0 Å². The van der Waals surface area contributed by atoms with E-state index in [9.17, 15) is 14.4 Å². The average molecular weight is 392 g/mol. The van der Waals surface area contributed by atoms with E-state index in [1.807, 2.05) is 30.3 Å². The van der Waals surface area contributed by atoms with E-state index in [0.717, 1.165) is 5.56 Å². The molecule has 29 heavy (non-hydrogen) atoms. The second-order valence-electron chi connectivity index (χ2n) is 6.21. The number of ether oxygens (including phenoxy) is 1. The van der Waals surface area contributed by atoms with Gasteiger partial charge in [-0.15, -0.1) is 13.2 Å². The number of hydrogen-bond donors (Lipinski definition) is 1. The summed E-state index contributed by atoms with van der Waals surface area (Å²) in [5.74, 6) is -1.30. The minimum atomic E-state index is -0.689. The fraction of sp³-hybridized carbons (Fsp3) is 0.174. The summed E-state index contributed by atoms with van der Waals surface area (Å²) in [6.45, 7) is 7.45. The largest absolute Gasteiger partial charge is 0.452 e. The van der Waals surface area contributed by atoms with Crippen molar-refractivity contribution in [2.75, 3.05) is 25.0 Å². The third-order valence-electron chi connectivity index (χ3n) is 4.01. The molecule has 0 aliphatic carbocycles. The summed E-state index contributed by atoms with van der Waals surface area (Å²) >= 11 is 0. The van der Waals surface area contributed by atoms with Crippen LogP contribution >= 0.6 is 0 Å². The summed E-state index contributed by atoms with van der Waals surface area (Å²) in [5, 5.41) is 2.73. The molecule has 0 spiro atoms. The van der Waals surface area contributed by atoms with Crippen molar-refractivity contribution in [2.45, 2.75) is 6.42 Å². The Morgan fingerprint density at radius 1 is 0.931 bits per heavy atom. The molecule has 0 radical (unpaired) electrons. The Labute approximate surface area is 170 Å². The fourth-order valence-corrected chi connectivity index (χ4v) is 2.63. The quantitative estimate of drug-likeness (QED) is 0.498. The molecule has 0 heterocycles. The molecule has 0 aliphatic heterocycles. The van der Waals surface area contributed by atoms with Gasteiger partial charge in [-0.05, 0) is 17.7 Å². The normalized spacial score (nSPS) is 9.93. The molecule has 0 atom stereocenters. The van der Waals surface area contributed by atoms with Gasteiger partial charge in [0.1, 0.15) is 0 Å². The second-order valence-corrected chi connectivity index (χ2v) is 6.21. The number of amides is 2. The van der Waals surface area contributed by atoms with E-state index in [-0.39, 0.29) is 23.8 Å². The molecule has 2 aromatic carbocycles. The predicted octanol–water partition coefficient (Wildman–Crippen LogP) is 3.23. The minimum Gasteiger partial charge on any atom is -0.452 e. The fourth-order valence-electron chi connectivity index (χ4n) is 2.63. The molecule has 6 nitrogen and oxygen atoms in total. The van der Waals surface area contributed by atoms with Crippen LogP contribution in [0.15, 0.2) is 79.9 Å². The third kappa shape index (κ3) is 6.77. The van der Waals surface area contributed by atoms with E-state index < -0.39 is 12.6 Å². The van der Waals surface area contributed by atoms with Gasteiger partial charge >= 0.3 is 5.97 Å². The van der Waals surface area contributed by atoms with E-state index in [1.54, 1.807) is 30.4 Å². The van der Waals surface area contributed by atoms with Crippen LogP contribution in [-0.2, 0) is 20.7 Å². The molecule has 2 rings (SSSR count). The van der Waals surface area contributed by atoms with Crippen LogP contribution in [0.25, 0.3) is 0 Å². The number of para-hydroxylation sites is 1. The van der Waals surface area contributed by atoms with Crippen LogP contribution in [0.5, 0.6) is 0 Å². The summed E-state index contributed by atoms with van der Waals surface area (Å²) in [5.41, 5.74) is 1.38. The number of nitrogens with zero attached hydrogens (tertiary/aromatic N) is 1. The molecule has 150 valence electrons. The lowest BCUT2D eigenvalue weighted by atomic mass is 10.1. The predicted molar refractivity (Wildman–Crippen MR) is 112 cm³/mol. The van der Waals surface area contributed by atoms with E-state index in [2.05, 4.69) is 18.5 Å². The standard InChI is InChI=1S/C23H24N2O4/c1-3-14-25(15-4-2)22(27)17-29-23(28)19-12-8-9-13-20(19)24-21(26)16-18-10-6-5-7-11-18/h3-13H,1-2,14-17H2,(H,24,26). The SMILES string of the molecule is C=CCN(CC=C)C(=O)COC(=O)c1ccccc1NC(=O)Cc1ccccc1. The van der Waals surface area contributed by atoms with Crippen LogP contribution in [0.3, 0.4) is 0 Å². The Morgan fingerprint density at radius 2 is 1.55 bits per heavy atom. The van der Waals surface area contributed by atoms with E-state index >= 15 is 0 Å². The minimum absolute atomic E-state index is 0.181. The number of carbonyl (C=O) groups excluding carboxylic acids is 3. The van der Waals surface area contributed by atoms with Gasteiger partial charge in [-0.3, -0.25) is 9.59 Å². The molecule has 0 aromatic heterocycles. The van der Waals surface area contributed by atoms with Crippen LogP contribution < -0.4 is 5.32 Å². The highest BCUT2D eigenvalue weighted by Crippen LogP contribution is 2.17. The average Bonchev–Trinajstić information content (AvgIpc) is 2.72. The zero-order chi connectivity index (χ0) is 21.1. The summed E-state index contributed by atoms with van der Waals surface area (Å²) in [6, 6.07) is 15.8. The topological polar surface area (TPSA) is 75.7 Å². The van der Waals surface area contributed by atoms with E-state index in [4.69, 9.17) is 4.74 Å². The Kier molecular flexibility index (Phi) is 8.38. The first-order valence-electron chi connectivity index (χ1n) is 9.14. The highest BCUT2D eigenvalue weighted by molar-refractivity contribution is 6.02. The molecule has 0 saturated heterocycles. The molecule has 2 aromatic rings. The smallest absolute Gasteiger partial charge is 0.340 e. The van der Waals surface area contributed by atoms with Crippen molar-refractivity contribution >= 4 is 23.5 Å². The van der Waals surface area contributed by atoms with E-state index in [0.29, 0.717) is 18.8 Å². The van der Waals surface area contributed by atoms with Gasteiger partial charge in [-0.2, -0.15) is 0 Å². The van der Waals surface area contributed by atoms with Crippen LogP contribution in [0.2, 0.25) is 0 Å². The Balaban J connectivity index is 2.00. The second kappa shape index (κ2) is 11.2. The van der Waals surface area contributed by atoms with Crippen LogP contribution in [-0.4, -0.2) is 42.4 Å². The van der Waals surface area contributed by atoms with Crippen molar-refractivity contribution in [1.29, 1.82) is 0 Å². The van der Waals surface area contributed by atoms with Crippen molar-refractivity contribution in [3.8, 4) is 0 Å². The summed E-state index contributed by atoms with van der Waals surface area (Å²) < 4.78 is 5.15. The number of hydrogen-bond acceptors (Lipinski definition) is 4. The summed E-state index contributed by atoms with van der Waals surface area (Å²) in [6.07, 6.45) is 3.35. The van der Waals surface area contributed by atoms with Gasteiger partial charge in [-0.25, -0.2) is 4.79 Å². The van der Waals surface area contributed by atoms with Gasteiger partial charge in [0.05, 0.1) is 17.7 Å². The van der Waals surface area contributed by atoms with Crippen LogP contribution in [0.4, 0.5) is 5.69 Å². The maximum Gasteiger partial charge on any atom is 0.340 e. The maximum atomic E-state index is 12.5. The van der Waals surface area contributed by atoms with Gasteiger partial charge in [0, 0.05) is 13.1 Å².